The highest BCUT2D eigenvalue weighted by molar-refractivity contribution is 6.29. The minimum absolute atomic E-state index is 0.133. The fourth-order valence-corrected chi connectivity index (χ4v) is 4.82. The summed E-state index contributed by atoms with van der Waals surface area (Å²) >= 11 is 6.28. The Labute approximate surface area is 208 Å². The van der Waals surface area contributed by atoms with Crippen molar-refractivity contribution in [3.8, 4) is 11.6 Å². The van der Waals surface area contributed by atoms with Crippen molar-refractivity contribution in [2.75, 3.05) is 31.6 Å². The van der Waals surface area contributed by atoms with Gasteiger partial charge in [0, 0.05) is 31.8 Å². The monoisotopic (exact) mass is 497 g/mol. The van der Waals surface area contributed by atoms with Crippen LogP contribution >= 0.6 is 11.6 Å². The first kappa shape index (κ1) is 23.5. The fraction of sp³-hybridized carbons (Fsp3) is 0.458. The summed E-state index contributed by atoms with van der Waals surface area (Å²) in [5, 5.41) is 4.68. The van der Waals surface area contributed by atoms with E-state index in [1.165, 1.54) is 7.11 Å². The number of anilines is 1. The lowest BCUT2D eigenvalue weighted by Gasteiger charge is -2.31. The summed E-state index contributed by atoms with van der Waals surface area (Å²) in [6.07, 6.45) is 7.56. The number of piperidine rings is 1. The normalized spacial score (nSPS) is 16.7. The van der Waals surface area contributed by atoms with Crippen LogP contribution in [0.1, 0.15) is 30.5 Å². The van der Waals surface area contributed by atoms with Crippen molar-refractivity contribution in [1.82, 2.24) is 29.6 Å². The molecular formula is C24H28ClN7O3. The molecule has 5 heterocycles. The van der Waals surface area contributed by atoms with Crippen molar-refractivity contribution in [2.45, 2.75) is 38.9 Å². The molecule has 2 aliphatic rings. The van der Waals surface area contributed by atoms with E-state index in [0.29, 0.717) is 35.1 Å². The number of hydrogen-bond donors (Lipinski definition) is 0. The van der Waals surface area contributed by atoms with E-state index in [9.17, 15) is 4.79 Å². The lowest BCUT2D eigenvalue weighted by Crippen LogP contribution is -2.34. The summed E-state index contributed by atoms with van der Waals surface area (Å²) in [7, 11) is 1.44. The Morgan fingerprint density at radius 2 is 1.94 bits per heavy atom. The van der Waals surface area contributed by atoms with Crippen LogP contribution in [0.4, 0.5) is 5.95 Å². The molecule has 0 aromatic carbocycles. The Bertz CT molecular complexity index is 1160. The van der Waals surface area contributed by atoms with E-state index in [2.05, 4.69) is 29.9 Å². The van der Waals surface area contributed by atoms with Crippen molar-refractivity contribution >= 4 is 23.5 Å². The molecule has 3 aromatic heterocycles. The molecule has 11 heteroatoms. The lowest BCUT2D eigenvalue weighted by molar-refractivity contribution is -0.142. The number of rotatable bonds is 7. The van der Waals surface area contributed by atoms with Gasteiger partial charge in [-0.25, -0.2) is 15.0 Å². The summed E-state index contributed by atoms with van der Waals surface area (Å²) in [6.45, 7) is 4.91. The number of likely N-dealkylation sites (tertiary alicyclic amines) is 1. The SMILES string of the molecule is COC(=O)CC1CCN(Cc2cc(Cl)nc(Oc3cnc(N4CCn5nccc5C4)nc3)c2)CC1. The molecule has 0 radical (unpaired) electrons. The molecule has 0 bridgehead atoms. The van der Waals surface area contributed by atoms with E-state index >= 15 is 0 Å². The van der Waals surface area contributed by atoms with E-state index in [1.54, 1.807) is 12.4 Å². The van der Waals surface area contributed by atoms with Crippen LogP contribution < -0.4 is 9.64 Å². The summed E-state index contributed by atoms with van der Waals surface area (Å²) in [4.78, 5) is 29.3. The maximum atomic E-state index is 11.5. The van der Waals surface area contributed by atoms with E-state index in [-0.39, 0.29) is 5.97 Å². The zero-order valence-corrected chi connectivity index (χ0v) is 20.4. The quantitative estimate of drug-likeness (QED) is 0.359. The zero-order valence-electron chi connectivity index (χ0n) is 19.6. The van der Waals surface area contributed by atoms with Crippen LogP contribution in [0, 0.1) is 5.92 Å². The Hall–Kier alpha value is -3.24. The third-order valence-corrected chi connectivity index (χ3v) is 6.68. The molecule has 35 heavy (non-hydrogen) atoms. The minimum atomic E-state index is -0.133. The molecule has 0 spiro atoms. The Balaban J connectivity index is 1.18. The van der Waals surface area contributed by atoms with Gasteiger partial charge in [0.2, 0.25) is 11.8 Å². The van der Waals surface area contributed by atoms with Crippen molar-refractivity contribution in [2.24, 2.45) is 5.92 Å². The molecule has 0 atom stereocenters. The third kappa shape index (κ3) is 5.88. The van der Waals surface area contributed by atoms with E-state index in [4.69, 9.17) is 21.1 Å². The first-order chi connectivity index (χ1) is 17.1. The Morgan fingerprint density at radius 3 is 2.71 bits per heavy atom. The van der Waals surface area contributed by atoms with Gasteiger partial charge < -0.3 is 14.4 Å². The summed E-state index contributed by atoms with van der Waals surface area (Å²) in [5.41, 5.74) is 2.16. The van der Waals surface area contributed by atoms with Gasteiger partial charge in [-0.2, -0.15) is 5.10 Å². The van der Waals surface area contributed by atoms with Gasteiger partial charge >= 0.3 is 5.97 Å². The number of nitrogens with zero attached hydrogens (tertiary/aromatic N) is 7. The highest BCUT2D eigenvalue weighted by atomic mass is 35.5. The number of esters is 1. The van der Waals surface area contributed by atoms with Crippen LogP contribution in [-0.2, 0) is 29.2 Å². The van der Waals surface area contributed by atoms with Gasteiger partial charge in [-0.1, -0.05) is 11.6 Å². The first-order valence-electron chi connectivity index (χ1n) is 11.8. The number of fused-ring (bicyclic) bond motifs is 1. The molecule has 184 valence electrons. The van der Waals surface area contributed by atoms with Crippen LogP contribution in [0.2, 0.25) is 5.15 Å². The van der Waals surface area contributed by atoms with Gasteiger partial charge in [-0.15, -0.1) is 0 Å². The fourth-order valence-electron chi connectivity index (χ4n) is 4.60. The molecule has 5 rings (SSSR count). The summed E-state index contributed by atoms with van der Waals surface area (Å²) in [6, 6.07) is 5.76. The van der Waals surface area contributed by atoms with Crippen LogP contribution in [0.25, 0.3) is 0 Å². The first-order valence-corrected chi connectivity index (χ1v) is 12.1. The molecule has 0 amide bonds. The standard InChI is InChI=1S/C24H28ClN7O3/c1-34-23(33)12-17-3-6-30(7-4-17)15-18-10-21(25)29-22(11-18)35-20-13-26-24(27-14-20)31-8-9-32-19(16-31)2-5-28-32/h2,5,10-11,13-14,17H,3-4,6-9,12,15-16H2,1H3. The summed E-state index contributed by atoms with van der Waals surface area (Å²) in [5.74, 6) is 1.81. The number of hydrogen-bond acceptors (Lipinski definition) is 9. The van der Waals surface area contributed by atoms with E-state index in [1.807, 2.05) is 29.1 Å². The molecule has 3 aromatic rings. The van der Waals surface area contributed by atoms with Crippen molar-refractivity contribution in [3.63, 3.8) is 0 Å². The smallest absolute Gasteiger partial charge is 0.305 e. The average molecular weight is 498 g/mol. The molecular weight excluding hydrogens is 470 g/mol. The van der Waals surface area contributed by atoms with Crippen LogP contribution in [0.3, 0.4) is 0 Å². The van der Waals surface area contributed by atoms with Gasteiger partial charge in [-0.05, 0) is 49.5 Å². The van der Waals surface area contributed by atoms with Gasteiger partial charge in [0.25, 0.3) is 0 Å². The minimum Gasteiger partial charge on any atom is -0.469 e. The van der Waals surface area contributed by atoms with Crippen molar-refractivity contribution in [3.05, 3.63) is 53.2 Å². The highest BCUT2D eigenvalue weighted by Crippen LogP contribution is 2.26. The van der Waals surface area contributed by atoms with Gasteiger partial charge in [0.1, 0.15) is 5.15 Å². The molecule has 10 nitrogen and oxygen atoms in total. The predicted octanol–water partition coefficient (Wildman–Crippen LogP) is 3.31. The maximum Gasteiger partial charge on any atom is 0.305 e. The van der Waals surface area contributed by atoms with E-state index in [0.717, 1.165) is 63.4 Å². The molecule has 1 saturated heterocycles. The zero-order chi connectivity index (χ0) is 24.2. The van der Waals surface area contributed by atoms with E-state index < -0.39 is 0 Å². The number of carbonyl (C=O) groups is 1. The maximum absolute atomic E-state index is 11.5. The van der Waals surface area contributed by atoms with Gasteiger partial charge in [-0.3, -0.25) is 14.4 Å². The molecule has 0 aliphatic carbocycles. The molecule has 0 saturated carbocycles. The molecule has 0 N–H and O–H groups in total. The lowest BCUT2D eigenvalue weighted by atomic mass is 9.93. The number of pyridine rings is 1. The number of aromatic nitrogens is 5. The summed E-state index contributed by atoms with van der Waals surface area (Å²) < 4.78 is 12.7. The third-order valence-electron chi connectivity index (χ3n) is 6.49. The molecule has 1 fully saturated rings. The Kier molecular flexibility index (Phi) is 7.10. The topological polar surface area (TPSA) is 98.5 Å². The highest BCUT2D eigenvalue weighted by Gasteiger charge is 2.22. The number of carbonyl (C=O) groups excluding carboxylic acids is 1. The number of ether oxygens (including phenoxy) is 2. The van der Waals surface area contributed by atoms with Crippen LogP contribution in [0.15, 0.2) is 36.8 Å². The molecule has 0 unspecified atom stereocenters. The second kappa shape index (κ2) is 10.6. The number of methoxy groups -OCH3 is 1. The van der Waals surface area contributed by atoms with Crippen LogP contribution in [0.5, 0.6) is 11.6 Å². The van der Waals surface area contributed by atoms with Crippen LogP contribution in [-0.4, -0.2) is 62.3 Å². The van der Waals surface area contributed by atoms with Crippen molar-refractivity contribution < 1.29 is 14.3 Å². The molecule has 2 aliphatic heterocycles. The largest absolute Gasteiger partial charge is 0.469 e. The van der Waals surface area contributed by atoms with Crippen molar-refractivity contribution in [1.29, 1.82) is 0 Å². The predicted molar refractivity (Wildman–Crippen MR) is 129 cm³/mol. The Morgan fingerprint density at radius 1 is 1.14 bits per heavy atom. The second-order valence-electron chi connectivity index (χ2n) is 8.92. The average Bonchev–Trinajstić information content (AvgIpc) is 3.33. The number of halogens is 1. The van der Waals surface area contributed by atoms with Gasteiger partial charge in [0.15, 0.2) is 5.75 Å². The van der Waals surface area contributed by atoms with Gasteiger partial charge in [0.05, 0.1) is 38.3 Å². The second-order valence-corrected chi connectivity index (χ2v) is 9.31.